The Morgan fingerprint density at radius 1 is 0.882 bits per heavy atom. The van der Waals surface area contributed by atoms with E-state index in [1.165, 1.54) is 7.11 Å². The highest BCUT2D eigenvalue weighted by Crippen LogP contribution is 2.45. The number of nitrogens with zero attached hydrogens (tertiary/aromatic N) is 1. The zero-order valence-electron chi connectivity index (χ0n) is 20.0. The summed E-state index contributed by atoms with van der Waals surface area (Å²) in [7, 11) is 3.12. The average Bonchev–Trinajstić information content (AvgIpc) is 2.85. The zero-order chi connectivity index (χ0) is 24.6. The van der Waals surface area contributed by atoms with E-state index in [9.17, 15) is 9.59 Å². The van der Waals surface area contributed by atoms with Crippen molar-refractivity contribution in [2.75, 3.05) is 19.1 Å². The van der Waals surface area contributed by atoms with Crippen LogP contribution in [0.5, 0.6) is 17.2 Å². The van der Waals surface area contributed by atoms with Crippen LogP contribution in [0, 0.1) is 20.8 Å². The lowest BCUT2D eigenvalue weighted by Gasteiger charge is -2.43. The number of benzene rings is 3. The van der Waals surface area contributed by atoms with Crippen molar-refractivity contribution in [1.29, 1.82) is 0 Å². The van der Waals surface area contributed by atoms with E-state index >= 15 is 0 Å². The smallest absolute Gasteiger partial charge is 0.347 e. The number of esters is 1. The molecule has 1 heterocycles. The van der Waals surface area contributed by atoms with Gasteiger partial charge in [0.05, 0.1) is 20.3 Å². The van der Waals surface area contributed by atoms with Crippen LogP contribution in [0.3, 0.4) is 0 Å². The molecule has 1 fully saturated rings. The predicted molar refractivity (Wildman–Crippen MR) is 131 cm³/mol. The summed E-state index contributed by atoms with van der Waals surface area (Å²) in [5.41, 5.74) is 5.18. The molecule has 1 atom stereocenters. The molecule has 6 nitrogen and oxygen atoms in total. The Morgan fingerprint density at radius 2 is 1.59 bits per heavy atom. The van der Waals surface area contributed by atoms with E-state index in [2.05, 4.69) is 6.58 Å². The second-order valence-electron chi connectivity index (χ2n) is 8.31. The molecule has 1 saturated heterocycles. The number of carbonyl (C=O) groups is 2. The van der Waals surface area contributed by atoms with E-state index < -0.39 is 5.97 Å². The largest absolute Gasteiger partial charge is 0.496 e. The van der Waals surface area contributed by atoms with Gasteiger partial charge < -0.3 is 14.2 Å². The molecule has 3 aromatic carbocycles. The molecule has 3 aromatic rings. The highest BCUT2D eigenvalue weighted by Gasteiger charge is 2.43. The lowest BCUT2D eigenvalue weighted by Crippen LogP contribution is -2.48. The molecule has 34 heavy (non-hydrogen) atoms. The predicted octanol–water partition coefficient (Wildman–Crippen LogP) is 5.49. The second kappa shape index (κ2) is 9.06. The van der Waals surface area contributed by atoms with Gasteiger partial charge in [-0.05, 0) is 67.3 Å². The Hall–Kier alpha value is -4.06. The molecule has 174 valence electrons. The van der Waals surface area contributed by atoms with Crippen molar-refractivity contribution in [3.8, 4) is 17.2 Å². The minimum absolute atomic E-state index is 0.150. The number of anilines is 1. The molecule has 0 saturated carbocycles. The fourth-order valence-corrected chi connectivity index (χ4v) is 4.12. The van der Waals surface area contributed by atoms with Crippen molar-refractivity contribution < 1.29 is 23.8 Å². The maximum Gasteiger partial charge on any atom is 0.347 e. The number of hydrogen-bond donors (Lipinski definition) is 0. The van der Waals surface area contributed by atoms with E-state index in [1.54, 1.807) is 42.3 Å². The Labute approximate surface area is 199 Å². The Kier molecular flexibility index (Phi) is 6.16. The van der Waals surface area contributed by atoms with Gasteiger partial charge in [-0.15, -0.1) is 0 Å². The number of aryl methyl sites for hydroxylation is 2. The number of hydrogen-bond acceptors (Lipinski definition) is 5. The molecule has 0 N–H and O–H groups in total. The van der Waals surface area contributed by atoms with Gasteiger partial charge in [-0.2, -0.15) is 0 Å². The van der Waals surface area contributed by atoms with Crippen LogP contribution in [-0.4, -0.2) is 26.1 Å². The summed E-state index contributed by atoms with van der Waals surface area (Å²) in [6.07, 6.45) is 0. The average molecular weight is 458 g/mol. The molecule has 1 aliphatic heterocycles. The first kappa shape index (κ1) is 23.1. The van der Waals surface area contributed by atoms with Gasteiger partial charge in [0.15, 0.2) is 0 Å². The first-order chi connectivity index (χ1) is 16.3. The number of methoxy groups -OCH3 is 2. The van der Waals surface area contributed by atoms with Gasteiger partial charge in [-0.1, -0.05) is 30.8 Å². The van der Waals surface area contributed by atoms with Crippen molar-refractivity contribution in [2.45, 2.75) is 26.8 Å². The summed E-state index contributed by atoms with van der Waals surface area (Å²) >= 11 is 0. The maximum atomic E-state index is 12.9. The van der Waals surface area contributed by atoms with E-state index in [4.69, 9.17) is 14.2 Å². The van der Waals surface area contributed by atoms with Crippen LogP contribution >= 0.6 is 0 Å². The van der Waals surface area contributed by atoms with Crippen LogP contribution in [0.2, 0.25) is 0 Å². The standard InChI is InChI=1S/C28H27NO5/c1-16-11-12-20(14-24(16)34-28(31)22-9-7-8-10-23(22)32-5)26-19(4)27(30)29(26)21-13-17(2)18(3)25(15-21)33-6/h7-15,26H,4H2,1-3,5-6H3/t26-/m1/s1. The Morgan fingerprint density at radius 3 is 2.29 bits per heavy atom. The van der Waals surface area contributed by atoms with Gasteiger partial charge in [0.25, 0.3) is 5.91 Å². The third-order valence-electron chi connectivity index (χ3n) is 6.24. The van der Waals surface area contributed by atoms with Crippen molar-refractivity contribution in [3.05, 3.63) is 94.6 Å². The summed E-state index contributed by atoms with van der Waals surface area (Å²) < 4.78 is 16.5. The summed E-state index contributed by atoms with van der Waals surface area (Å²) in [4.78, 5) is 27.4. The minimum Gasteiger partial charge on any atom is -0.496 e. The fraction of sp³-hybridized carbons (Fsp3) is 0.214. The van der Waals surface area contributed by atoms with Gasteiger partial charge in [-0.25, -0.2) is 4.79 Å². The normalized spacial score (nSPS) is 15.1. The molecule has 1 aliphatic rings. The van der Waals surface area contributed by atoms with Gasteiger partial charge in [-0.3, -0.25) is 9.69 Å². The van der Waals surface area contributed by atoms with Crippen LogP contribution in [0.1, 0.15) is 38.7 Å². The van der Waals surface area contributed by atoms with E-state index in [0.717, 1.165) is 33.7 Å². The summed E-state index contributed by atoms with van der Waals surface area (Å²) in [5.74, 6) is 0.905. The van der Waals surface area contributed by atoms with Crippen molar-refractivity contribution in [2.24, 2.45) is 0 Å². The van der Waals surface area contributed by atoms with Crippen LogP contribution in [-0.2, 0) is 4.79 Å². The Balaban J connectivity index is 1.68. The Bertz CT molecular complexity index is 1310. The number of carbonyl (C=O) groups excluding carboxylic acids is 2. The van der Waals surface area contributed by atoms with Crippen molar-refractivity contribution >= 4 is 17.6 Å². The molecular formula is C28H27NO5. The molecule has 0 radical (unpaired) electrons. The monoisotopic (exact) mass is 457 g/mol. The van der Waals surface area contributed by atoms with E-state index in [0.29, 0.717) is 22.6 Å². The van der Waals surface area contributed by atoms with Crippen molar-refractivity contribution in [1.82, 2.24) is 0 Å². The van der Waals surface area contributed by atoms with Crippen LogP contribution in [0.25, 0.3) is 0 Å². The second-order valence-corrected chi connectivity index (χ2v) is 8.31. The van der Waals surface area contributed by atoms with Crippen LogP contribution < -0.4 is 19.1 Å². The number of β-lactam (4-membered cyclic amide) rings is 1. The number of amides is 1. The molecule has 0 aromatic heterocycles. The van der Waals surface area contributed by atoms with Crippen LogP contribution in [0.15, 0.2) is 66.7 Å². The highest BCUT2D eigenvalue weighted by molar-refractivity contribution is 6.15. The number of para-hydroxylation sites is 1. The quantitative estimate of drug-likeness (QED) is 0.212. The lowest BCUT2D eigenvalue weighted by molar-refractivity contribution is -0.119. The minimum atomic E-state index is -0.517. The molecule has 4 rings (SSSR count). The molecule has 6 heteroatoms. The first-order valence-corrected chi connectivity index (χ1v) is 10.9. The molecule has 1 amide bonds. The summed E-state index contributed by atoms with van der Waals surface area (Å²) in [5, 5.41) is 0. The SMILES string of the molecule is C=C1C(=O)N(c2cc(C)c(C)c(OC)c2)[C@H]1c1ccc(C)c(OC(=O)c2ccccc2OC)c1. The molecule has 0 spiro atoms. The van der Waals surface area contributed by atoms with Gasteiger partial charge in [0.2, 0.25) is 0 Å². The molecular weight excluding hydrogens is 430 g/mol. The molecule has 0 bridgehead atoms. The third-order valence-corrected chi connectivity index (χ3v) is 6.24. The summed E-state index contributed by atoms with van der Waals surface area (Å²) in [6.45, 7) is 9.82. The maximum absolute atomic E-state index is 12.9. The topological polar surface area (TPSA) is 65.1 Å². The molecule has 0 unspecified atom stereocenters. The van der Waals surface area contributed by atoms with Gasteiger partial charge in [0.1, 0.15) is 22.8 Å². The number of ether oxygens (including phenoxy) is 3. The summed E-state index contributed by atoms with van der Waals surface area (Å²) in [6, 6.07) is 15.9. The van der Waals surface area contributed by atoms with E-state index in [-0.39, 0.29) is 11.9 Å². The van der Waals surface area contributed by atoms with Gasteiger partial charge >= 0.3 is 5.97 Å². The van der Waals surface area contributed by atoms with E-state index in [1.807, 2.05) is 45.0 Å². The zero-order valence-corrected chi connectivity index (χ0v) is 20.0. The number of rotatable bonds is 6. The first-order valence-electron chi connectivity index (χ1n) is 10.9. The third kappa shape index (κ3) is 3.92. The lowest BCUT2D eigenvalue weighted by atomic mass is 9.87. The highest BCUT2D eigenvalue weighted by atomic mass is 16.5. The molecule has 0 aliphatic carbocycles. The fourth-order valence-electron chi connectivity index (χ4n) is 4.12. The van der Waals surface area contributed by atoms with Crippen LogP contribution in [0.4, 0.5) is 5.69 Å². The van der Waals surface area contributed by atoms with Crippen molar-refractivity contribution in [3.63, 3.8) is 0 Å². The van der Waals surface area contributed by atoms with Gasteiger partial charge in [0, 0.05) is 17.3 Å².